The Morgan fingerprint density at radius 3 is 2.72 bits per heavy atom. The Morgan fingerprint density at radius 2 is 2.00 bits per heavy atom. The van der Waals surface area contributed by atoms with Crippen molar-refractivity contribution in [2.24, 2.45) is 0 Å². The third-order valence-electron chi connectivity index (χ3n) is 4.95. The highest BCUT2D eigenvalue weighted by Gasteiger charge is 2.22. The number of rotatable bonds is 8. The van der Waals surface area contributed by atoms with Crippen molar-refractivity contribution in [2.75, 3.05) is 5.32 Å². The third-order valence-corrected chi connectivity index (χ3v) is 6.03. The van der Waals surface area contributed by atoms with Crippen molar-refractivity contribution in [3.63, 3.8) is 0 Å². The zero-order valence-electron chi connectivity index (χ0n) is 18.5. The van der Waals surface area contributed by atoms with Crippen LogP contribution in [0.2, 0.25) is 0 Å². The lowest BCUT2D eigenvalue weighted by atomic mass is 10.1. The molecule has 1 atom stereocenters. The van der Waals surface area contributed by atoms with Gasteiger partial charge in [0.1, 0.15) is 11.6 Å². The Labute approximate surface area is 191 Å². The van der Waals surface area contributed by atoms with Crippen molar-refractivity contribution in [3.8, 4) is 11.4 Å². The molecule has 0 aliphatic carbocycles. The lowest BCUT2D eigenvalue weighted by Gasteiger charge is -2.15. The number of aryl methyl sites for hydroxylation is 1. The molecular formula is C23H26N6O2S. The first-order chi connectivity index (χ1) is 15.4. The summed E-state index contributed by atoms with van der Waals surface area (Å²) in [7, 11) is 0. The fourth-order valence-corrected chi connectivity index (χ4v) is 4.19. The van der Waals surface area contributed by atoms with Gasteiger partial charge >= 0.3 is 0 Å². The zero-order valence-corrected chi connectivity index (χ0v) is 19.3. The van der Waals surface area contributed by atoms with Crippen LogP contribution < -0.4 is 5.32 Å². The largest absolute Gasteiger partial charge is 0.467 e. The summed E-state index contributed by atoms with van der Waals surface area (Å²) in [6.07, 6.45) is 3.33. The summed E-state index contributed by atoms with van der Waals surface area (Å²) in [4.78, 5) is 12.9. The van der Waals surface area contributed by atoms with E-state index >= 15 is 0 Å². The monoisotopic (exact) mass is 450 g/mol. The highest BCUT2D eigenvalue weighted by molar-refractivity contribution is 8.00. The van der Waals surface area contributed by atoms with Gasteiger partial charge in [0, 0.05) is 17.7 Å². The molecule has 0 radical (unpaired) electrons. The Hall–Kier alpha value is -3.33. The molecule has 0 saturated heterocycles. The molecule has 3 aromatic heterocycles. The van der Waals surface area contributed by atoms with Crippen LogP contribution in [0.5, 0.6) is 0 Å². The number of carbonyl (C=O) groups excluding carboxylic acids is 1. The van der Waals surface area contributed by atoms with E-state index < -0.39 is 5.25 Å². The minimum Gasteiger partial charge on any atom is -0.467 e. The fraction of sp³-hybridized carbons (Fsp3) is 0.304. The van der Waals surface area contributed by atoms with Crippen LogP contribution in [0.25, 0.3) is 11.4 Å². The molecule has 0 bridgehead atoms. The van der Waals surface area contributed by atoms with Crippen molar-refractivity contribution in [1.82, 2.24) is 24.5 Å². The van der Waals surface area contributed by atoms with Gasteiger partial charge in [-0.25, -0.2) is 4.68 Å². The molecule has 1 N–H and O–H groups in total. The van der Waals surface area contributed by atoms with Crippen LogP contribution in [0, 0.1) is 6.92 Å². The molecule has 3 heterocycles. The predicted octanol–water partition coefficient (Wildman–Crippen LogP) is 4.79. The maximum absolute atomic E-state index is 12.9. The first-order valence-corrected chi connectivity index (χ1v) is 11.3. The quantitative estimate of drug-likeness (QED) is 0.388. The lowest BCUT2D eigenvalue weighted by Crippen LogP contribution is -2.25. The van der Waals surface area contributed by atoms with Crippen LogP contribution in [-0.4, -0.2) is 35.7 Å². The average Bonchev–Trinajstić information content (AvgIpc) is 3.50. The summed E-state index contributed by atoms with van der Waals surface area (Å²) in [5.74, 6) is 2.08. The van der Waals surface area contributed by atoms with E-state index in [1.165, 1.54) is 11.8 Å². The number of carbonyl (C=O) groups is 1. The van der Waals surface area contributed by atoms with E-state index in [1.807, 2.05) is 62.6 Å². The molecular weight excluding hydrogens is 424 g/mol. The van der Waals surface area contributed by atoms with Crippen molar-refractivity contribution in [2.45, 2.75) is 50.7 Å². The van der Waals surface area contributed by atoms with E-state index in [2.05, 4.69) is 26.7 Å². The van der Waals surface area contributed by atoms with Crippen LogP contribution in [0.3, 0.4) is 0 Å². The van der Waals surface area contributed by atoms with Crippen molar-refractivity contribution in [3.05, 3.63) is 66.2 Å². The second-order valence-corrected chi connectivity index (χ2v) is 9.15. The number of aromatic nitrogens is 5. The standard InChI is InChI=1S/C23H26N6O2S/c1-15(2)29-20(10-11-24-29)25-22(30)17(4)32-23-27-26-21(18-8-5-7-16(3)13-18)28(23)14-19-9-6-12-31-19/h5-13,15,17H,14H2,1-4H3,(H,25,30)/t17-/m1/s1. The minimum absolute atomic E-state index is 0.123. The normalized spacial score (nSPS) is 12.3. The van der Waals surface area contributed by atoms with E-state index in [4.69, 9.17) is 4.42 Å². The Kier molecular flexibility index (Phi) is 6.45. The van der Waals surface area contributed by atoms with Gasteiger partial charge in [0.05, 0.1) is 24.3 Å². The first kappa shape index (κ1) is 21.9. The van der Waals surface area contributed by atoms with Crippen LogP contribution in [-0.2, 0) is 11.3 Å². The molecule has 0 aliphatic heterocycles. The van der Waals surface area contributed by atoms with Crippen LogP contribution in [0.15, 0.2) is 64.5 Å². The third kappa shape index (κ3) is 4.77. The molecule has 9 heteroatoms. The predicted molar refractivity (Wildman–Crippen MR) is 125 cm³/mol. The number of hydrogen-bond donors (Lipinski definition) is 1. The van der Waals surface area contributed by atoms with Gasteiger partial charge in [-0.1, -0.05) is 35.5 Å². The number of anilines is 1. The summed E-state index contributed by atoms with van der Waals surface area (Å²) < 4.78 is 9.33. The summed E-state index contributed by atoms with van der Waals surface area (Å²) in [6, 6.07) is 13.8. The van der Waals surface area contributed by atoms with E-state index in [9.17, 15) is 4.79 Å². The highest BCUT2D eigenvalue weighted by Crippen LogP contribution is 2.29. The molecule has 0 fully saturated rings. The molecule has 0 spiro atoms. The van der Waals surface area contributed by atoms with E-state index in [-0.39, 0.29) is 11.9 Å². The summed E-state index contributed by atoms with van der Waals surface area (Å²) >= 11 is 1.36. The zero-order chi connectivity index (χ0) is 22.7. The van der Waals surface area contributed by atoms with Gasteiger partial charge < -0.3 is 9.73 Å². The van der Waals surface area contributed by atoms with E-state index in [0.717, 1.165) is 22.7 Å². The average molecular weight is 451 g/mol. The fourth-order valence-electron chi connectivity index (χ4n) is 3.34. The Balaban J connectivity index is 1.58. The molecule has 8 nitrogen and oxygen atoms in total. The Morgan fingerprint density at radius 1 is 1.16 bits per heavy atom. The van der Waals surface area contributed by atoms with E-state index in [0.29, 0.717) is 17.5 Å². The molecule has 0 saturated carbocycles. The number of nitrogens with zero attached hydrogens (tertiary/aromatic N) is 5. The maximum Gasteiger partial charge on any atom is 0.238 e. The molecule has 0 aliphatic rings. The van der Waals surface area contributed by atoms with Gasteiger partial charge in [-0.3, -0.25) is 9.36 Å². The number of amides is 1. The number of thioether (sulfide) groups is 1. The molecule has 4 aromatic rings. The molecule has 1 amide bonds. The van der Waals surface area contributed by atoms with Crippen molar-refractivity contribution in [1.29, 1.82) is 0 Å². The Bertz CT molecular complexity index is 1200. The van der Waals surface area contributed by atoms with Crippen LogP contribution >= 0.6 is 11.8 Å². The summed E-state index contributed by atoms with van der Waals surface area (Å²) in [5, 5.41) is 16.3. The van der Waals surface area contributed by atoms with Gasteiger partial charge in [-0.2, -0.15) is 5.10 Å². The summed E-state index contributed by atoms with van der Waals surface area (Å²) in [5.41, 5.74) is 2.10. The van der Waals surface area contributed by atoms with Gasteiger partial charge in [-0.05, 0) is 45.9 Å². The van der Waals surface area contributed by atoms with Crippen molar-refractivity contribution >= 4 is 23.5 Å². The molecule has 4 rings (SSSR count). The van der Waals surface area contributed by atoms with Crippen LogP contribution in [0.4, 0.5) is 5.82 Å². The van der Waals surface area contributed by atoms with Gasteiger partial charge in [0.15, 0.2) is 11.0 Å². The van der Waals surface area contributed by atoms with Gasteiger partial charge in [0.25, 0.3) is 0 Å². The van der Waals surface area contributed by atoms with Gasteiger partial charge in [-0.15, -0.1) is 10.2 Å². The number of hydrogen-bond acceptors (Lipinski definition) is 6. The minimum atomic E-state index is -0.393. The number of benzene rings is 1. The smallest absolute Gasteiger partial charge is 0.238 e. The van der Waals surface area contributed by atoms with Gasteiger partial charge in [0.2, 0.25) is 5.91 Å². The highest BCUT2D eigenvalue weighted by atomic mass is 32.2. The van der Waals surface area contributed by atoms with Crippen molar-refractivity contribution < 1.29 is 9.21 Å². The molecule has 1 aromatic carbocycles. The second-order valence-electron chi connectivity index (χ2n) is 7.85. The van der Waals surface area contributed by atoms with Crippen LogP contribution in [0.1, 0.15) is 38.1 Å². The van der Waals surface area contributed by atoms with E-state index in [1.54, 1.807) is 23.2 Å². The SMILES string of the molecule is Cc1cccc(-c2nnc(S[C@H](C)C(=O)Nc3ccnn3C(C)C)n2Cc2ccco2)c1. The summed E-state index contributed by atoms with van der Waals surface area (Å²) in [6.45, 7) is 8.41. The molecule has 0 unspecified atom stereocenters. The first-order valence-electron chi connectivity index (χ1n) is 10.5. The number of furan rings is 1. The second kappa shape index (κ2) is 9.44. The molecule has 32 heavy (non-hydrogen) atoms. The topological polar surface area (TPSA) is 90.8 Å². The number of nitrogens with one attached hydrogen (secondary N) is 1. The molecule has 166 valence electrons. The maximum atomic E-state index is 12.9. The lowest BCUT2D eigenvalue weighted by molar-refractivity contribution is -0.115.